The van der Waals surface area contributed by atoms with Gasteiger partial charge in [-0.15, -0.1) is 0 Å². The monoisotopic (exact) mass is 166 g/mol. The van der Waals surface area contributed by atoms with Crippen LogP contribution in [0, 0.1) is 0 Å². The van der Waals surface area contributed by atoms with Gasteiger partial charge in [-0.25, -0.2) is 0 Å². The molecule has 0 fully saturated rings. The molecule has 0 atom stereocenters. The molecule has 0 spiro atoms. The van der Waals surface area contributed by atoms with Crippen LogP contribution in [0.15, 0.2) is 12.2 Å². The molecule has 0 saturated heterocycles. The largest absolute Gasteiger partial charge is 0.376 e. The highest BCUT2D eigenvalue weighted by Gasteiger charge is 1.88. The maximum absolute atomic E-state index is 11.3. The number of nitrogens with two attached hydrogens (primary N) is 1. The molecule has 0 rings (SSSR count). The first-order valence-corrected chi connectivity index (χ1v) is 3.08. The van der Waals surface area contributed by atoms with Gasteiger partial charge in [-0.05, 0) is 24.7 Å². The molecule has 0 aliphatic carbocycles. The molecule has 0 heterocycles. The molecule has 0 aliphatic heterocycles. The van der Waals surface area contributed by atoms with Crippen LogP contribution in [0.4, 0.5) is 8.78 Å². The number of halogens is 2. The van der Waals surface area contributed by atoms with Crippen molar-refractivity contribution in [3.05, 3.63) is 12.2 Å². The molecular weight excluding hydrogens is 158 g/mol. The zero-order chi connectivity index (χ0) is 7.98. The standard InChI is InChI=1S/C5H8F2N2S/c6-4(7)2-1-3-9-5(8)10/h2H,1,3H2,(H3,8,9,10). The average molecular weight is 166 g/mol. The summed E-state index contributed by atoms with van der Waals surface area (Å²) in [7, 11) is 0. The molecule has 2 nitrogen and oxygen atoms in total. The van der Waals surface area contributed by atoms with Crippen LogP contribution in [-0.2, 0) is 0 Å². The summed E-state index contributed by atoms with van der Waals surface area (Å²) in [6, 6.07) is 0. The van der Waals surface area contributed by atoms with Crippen molar-refractivity contribution in [1.82, 2.24) is 5.32 Å². The predicted octanol–water partition coefficient (Wildman–Crippen LogP) is 0.990. The van der Waals surface area contributed by atoms with Crippen molar-refractivity contribution in [3.63, 3.8) is 0 Å². The Morgan fingerprint density at radius 3 is 2.60 bits per heavy atom. The van der Waals surface area contributed by atoms with E-state index in [1.807, 2.05) is 0 Å². The van der Waals surface area contributed by atoms with Crippen LogP contribution in [0.5, 0.6) is 0 Å². The Bertz CT molecular complexity index is 143. The van der Waals surface area contributed by atoms with Gasteiger partial charge in [-0.1, -0.05) is 0 Å². The maximum Gasteiger partial charge on any atom is 0.266 e. The molecule has 0 saturated carbocycles. The van der Waals surface area contributed by atoms with Gasteiger partial charge in [0.05, 0.1) is 0 Å². The highest BCUT2D eigenvalue weighted by molar-refractivity contribution is 7.80. The lowest BCUT2D eigenvalue weighted by Crippen LogP contribution is -2.29. The maximum atomic E-state index is 11.3. The molecule has 0 aromatic carbocycles. The molecule has 3 N–H and O–H groups in total. The second-order valence-electron chi connectivity index (χ2n) is 1.57. The summed E-state index contributed by atoms with van der Waals surface area (Å²) >= 11 is 4.43. The lowest BCUT2D eigenvalue weighted by molar-refractivity contribution is 0.417. The Morgan fingerprint density at radius 2 is 2.20 bits per heavy atom. The van der Waals surface area contributed by atoms with Gasteiger partial charge in [0.25, 0.3) is 6.08 Å². The average Bonchev–Trinajstić information content (AvgIpc) is 1.79. The van der Waals surface area contributed by atoms with Crippen LogP contribution >= 0.6 is 12.2 Å². The van der Waals surface area contributed by atoms with Crippen molar-refractivity contribution in [2.75, 3.05) is 6.54 Å². The van der Waals surface area contributed by atoms with Crippen LogP contribution in [0.25, 0.3) is 0 Å². The summed E-state index contributed by atoms with van der Waals surface area (Å²) in [5.74, 6) is 0. The second-order valence-corrected chi connectivity index (χ2v) is 2.01. The first-order valence-electron chi connectivity index (χ1n) is 2.67. The van der Waals surface area contributed by atoms with Crippen molar-refractivity contribution >= 4 is 17.3 Å². The van der Waals surface area contributed by atoms with Gasteiger partial charge in [-0.3, -0.25) is 0 Å². The fraction of sp³-hybridized carbons (Fsp3) is 0.400. The molecule has 0 unspecified atom stereocenters. The summed E-state index contributed by atoms with van der Waals surface area (Å²) in [4.78, 5) is 0. The molecule has 0 bridgehead atoms. The SMILES string of the molecule is NC(=S)NCCC=C(F)F. The van der Waals surface area contributed by atoms with Crippen molar-refractivity contribution < 1.29 is 8.78 Å². The van der Waals surface area contributed by atoms with Gasteiger partial charge in [0.2, 0.25) is 0 Å². The molecular formula is C5H8F2N2S. The van der Waals surface area contributed by atoms with Crippen LogP contribution in [0.1, 0.15) is 6.42 Å². The third-order valence-corrected chi connectivity index (χ3v) is 0.887. The molecule has 0 amide bonds. The minimum atomic E-state index is -1.68. The smallest absolute Gasteiger partial charge is 0.266 e. The summed E-state index contributed by atoms with van der Waals surface area (Å²) in [6.45, 7) is 0.354. The molecule has 0 radical (unpaired) electrons. The lowest BCUT2D eigenvalue weighted by Gasteiger charge is -1.97. The summed E-state index contributed by atoms with van der Waals surface area (Å²) in [5.41, 5.74) is 5.02. The topological polar surface area (TPSA) is 38.0 Å². The van der Waals surface area contributed by atoms with Gasteiger partial charge >= 0.3 is 0 Å². The van der Waals surface area contributed by atoms with Crippen molar-refractivity contribution in [1.29, 1.82) is 0 Å². The molecule has 0 aliphatic rings. The Morgan fingerprint density at radius 1 is 1.60 bits per heavy atom. The van der Waals surface area contributed by atoms with Crippen molar-refractivity contribution in [2.45, 2.75) is 6.42 Å². The van der Waals surface area contributed by atoms with Crippen LogP contribution < -0.4 is 11.1 Å². The van der Waals surface area contributed by atoms with Crippen molar-refractivity contribution in [2.24, 2.45) is 5.73 Å². The lowest BCUT2D eigenvalue weighted by atomic mass is 10.4. The van der Waals surface area contributed by atoms with E-state index in [0.717, 1.165) is 6.08 Å². The van der Waals surface area contributed by atoms with Gasteiger partial charge in [0.1, 0.15) is 0 Å². The molecule has 0 aromatic rings. The van der Waals surface area contributed by atoms with Gasteiger partial charge in [0.15, 0.2) is 5.11 Å². The fourth-order valence-corrected chi connectivity index (χ4v) is 0.479. The van der Waals surface area contributed by atoms with E-state index in [4.69, 9.17) is 5.73 Å². The van der Waals surface area contributed by atoms with Crippen LogP contribution in [0.3, 0.4) is 0 Å². The van der Waals surface area contributed by atoms with E-state index in [1.54, 1.807) is 0 Å². The normalized spacial score (nSPS) is 8.60. The van der Waals surface area contributed by atoms with E-state index in [9.17, 15) is 8.78 Å². The van der Waals surface area contributed by atoms with E-state index in [2.05, 4.69) is 17.5 Å². The number of nitrogens with one attached hydrogen (secondary N) is 1. The van der Waals surface area contributed by atoms with Gasteiger partial charge < -0.3 is 11.1 Å². The highest BCUT2D eigenvalue weighted by Crippen LogP contribution is 1.96. The number of thiocarbonyl (C=S) groups is 1. The summed E-state index contributed by atoms with van der Waals surface area (Å²) in [6.07, 6.45) is -0.630. The zero-order valence-corrected chi connectivity index (χ0v) is 6.05. The number of hydrogen-bond donors (Lipinski definition) is 2. The second kappa shape index (κ2) is 5.10. The quantitative estimate of drug-likeness (QED) is 0.485. The van der Waals surface area contributed by atoms with Gasteiger partial charge in [0, 0.05) is 6.54 Å². The molecule has 10 heavy (non-hydrogen) atoms. The van der Waals surface area contributed by atoms with E-state index in [1.165, 1.54) is 0 Å². The number of hydrogen-bond acceptors (Lipinski definition) is 1. The van der Waals surface area contributed by atoms with E-state index < -0.39 is 6.08 Å². The minimum Gasteiger partial charge on any atom is -0.376 e. The Kier molecular flexibility index (Phi) is 4.74. The fourth-order valence-electron chi connectivity index (χ4n) is 0.377. The summed E-state index contributed by atoms with van der Waals surface area (Å²) in [5, 5.41) is 2.66. The van der Waals surface area contributed by atoms with E-state index >= 15 is 0 Å². The molecule has 58 valence electrons. The predicted molar refractivity (Wildman–Crippen MR) is 39.7 cm³/mol. The van der Waals surface area contributed by atoms with Crippen LogP contribution in [-0.4, -0.2) is 11.7 Å². The first-order chi connectivity index (χ1) is 4.63. The number of rotatable bonds is 3. The zero-order valence-electron chi connectivity index (χ0n) is 5.23. The van der Waals surface area contributed by atoms with E-state index in [-0.39, 0.29) is 11.5 Å². The third kappa shape index (κ3) is 7.29. The molecule has 0 aromatic heterocycles. The Balaban J connectivity index is 3.21. The van der Waals surface area contributed by atoms with Crippen molar-refractivity contribution in [3.8, 4) is 0 Å². The van der Waals surface area contributed by atoms with Gasteiger partial charge in [-0.2, -0.15) is 8.78 Å². The Labute approximate surface area is 63.1 Å². The Hall–Kier alpha value is -0.710. The third-order valence-electron chi connectivity index (χ3n) is 0.742. The highest BCUT2D eigenvalue weighted by atomic mass is 32.1. The first kappa shape index (κ1) is 9.29. The summed E-state index contributed by atoms with van der Waals surface area (Å²) < 4.78 is 22.7. The van der Waals surface area contributed by atoms with Crippen LogP contribution in [0.2, 0.25) is 0 Å². The van der Waals surface area contributed by atoms with E-state index in [0.29, 0.717) is 6.54 Å². The molecule has 5 heteroatoms. The minimum absolute atomic E-state index is 0.132.